The molecule has 0 saturated carbocycles. The van der Waals surface area contributed by atoms with Crippen molar-refractivity contribution in [1.29, 1.82) is 0 Å². The summed E-state index contributed by atoms with van der Waals surface area (Å²) in [6.45, 7) is 4.03. The Labute approximate surface area is 148 Å². The van der Waals surface area contributed by atoms with Crippen LogP contribution >= 0.6 is 11.6 Å². The van der Waals surface area contributed by atoms with Crippen LogP contribution in [0.4, 0.5) is 11.4 Å². The van der Waals surface area contributed by atoms with Crippen molar-refractivity contribution in [2.24, 2.45) is 0 Å². The Hall–Kier alpha value is -2.00. The standard InChI is InChI=1S/C20H23ClN2O/c1-15-7-6-8-16(13-15)20(24)22-18-14-17(21)9-10-19(18)23-11-4-2-3-5-12-23/h6-10,13-14H,2-5,11-12H2,1H3,(H,22,24). The van der Waals surface area contributed by atoms with Crippen molar-refractivity contribution in [3.8, 4) is 0 Å². The maximum Gasteiger partial charge on any atom is 0.255 e. The van der Waals surface area contributed by atoms with Crippen LogP contribution < -0.4 is 10.2 Å². The van der Waals surface area contributed by atoms with Crippen LogP contribution in [0.2, 0.25) is 5.02 Å². The highest BCUT2D eigenvalue weighted by molar-refractivity contribution is 6.31. The number of carbonyl (C=O) groups is 1. The summed E-state index contributed by atoms with van der Waals surface area (Å²) >= 11 is 6.17. The number of aryl methyl sites for hydroxylation is 1. The van der Waals surface area contributed by atoms with Gasteiger partial charge in [0.25, 0.3) is 5.91 Å². The Balaban J connectivity index is 1.86. The lowest BCUT2D eigenvalue weighted by Gasteiger charge is -2.25. The number of hydrogen-bond acceptors (Lipinski definition) is 2. The van der Waals surface area contributed by atoms with Crippen molar-refractivity contribution < 1.29 is 4.79 Å². The predicted molar refractivity (Wildman–Crippen MR) is 101 cm³/mol. The number of rotatable bonds is 3. The van der Waals surface area contributed by atoms with E-state index in [0.29, 0.717) is 10.6 Å². The molecule has 1 amide bonds. The van der Waals surface area contributed by atoms with Crippen LogP contribution in [-0.2, 0) is 0 Å². The molecule has 1 fully saturated rings. The highest BCUT2D eigenvalue weighted by atomic mass is 35.5. The second-order valence-corrected chi connectivity index (χ2v) is 6.82. The van der Waals surface area contributed by atoms with Crippen LogP contribution in [0, 0.1) is 6.92 Å². The first-order valence-corrected chi connectivity index (χ1v) is 8.94. The van der Waals surface area contributed by atoms with Gasteiger partial charge in [-0.15, -0.1) is 0 Å². The monoisotopic (exact) mass is 342 g/mol. The van der Waals surface area contributed by atoms with Gasteiger partial charge in [-0.3, -0.25) is 4.79 Å². The van der Waals surface area contributed by atoms with Crippen LogP contribution in [0.15, 0.2) is 42.5 Å². The molecule has 0 radical (unpaired) electrons. The zero-order valence-electron chi connectivity index (χ0n) is 14.0. The Kier molecular flexibility index (Phi) is 5.41. The summed E-state index contributed by atoms with van der Waals surface area (Å²) in [5.41, 5.74) is 3.58. The molecule has 3 nitrogen and oxygen atoms in total. The molecule has 0 bridgehead atoms. The van der Waals surface area contributed by atoms with Gasteiger partial charge >= 0.3 is 0 Å². The minimum Gasteiger partial charge on any atom is -0.370 e. The largest absolute Gasteiger partial charge is 0.370 e. The summed E-state index contributed by atoms with van der Waals surface area (Å²) in [4.78, 5) is 15.0. The second kappa shape index (κ2) is 7.71. The van der Waals surface area contributed by atoms with E-state index in [1.165, 1.54) is 25.7 Å². The zero-order chi connectivity index (χ0) is 16.9. The number of carbonyl (C=O) groups excluding carboxylic acids is 1. The average molecular weight is 343 g/mol. The fraction of sp³-hybridized carbons (Fsp3) is 0.350. The van der Waals surface area contributed by atoms with E-state index in [-0.39, 0.29) is 5.91 Å². The first-order chi connectivity index (χ1) is 11.6. The molecule has 1 saturated heterocycles. The maximum atomic E-state index is 12.6. The van der Waals surface area contributed by atoms with E-state index in [1.54, 1.807) is 0 Å². The number of nitrogens with one attached hydrogen (secondary N) is 1. The Morgan fingerprint density at radius 3 is 2.50 bits per heavy atom. The smallest absolute Gasteiger partial charge is 0.255 e. The third-order valence-corrected chi connectivity index (χ3v) is 4.67. The van der Waals surface area contributed by atoms with E-state index in [2.05, 4.69) is 10.2 Å². The van der Waals surface area contributed by atoms with Crippen molar-refractivity contribution >= 4 is 28.9 Å². The van der Waals surface area contributed by atoms with Crippen molar-refractivity contribution in [2.75, 3.05) is 23.3 Å². The van der Waals surface area contributed by atoms with Gasteiger partial charge in [0.1, 0.15) is 0 Å². The highest BCUT2D eigenvalue weighted by Gasteiger charge is 2.16. The molecule has 2 aromatic rings. The van der Waals surface area contributed by atoms with Crippen molar-refractivity contribution in [3.63, 3.8) is 0 Å². The lowest BCUT2D eigenvalue weighted by atomic mass is 10.1. The molecule has 0 spiro atoms. The normalized spacial score (nSPS) is 15.0. The fourth-order valence-corrected chi connectivity index (χ4v) is 3.35. The first kappa shape index (κ1) is 16.8. The highest BCUT2D eigenvalue weighted by Crippen LogP contribution is 2.31. The lowest BCUT2D eigenvalue weighted by molar-refractivity contribution is 0.102. The molecule has 1 N–H and O–H groups in total. The van der Waals surface area contributed by atoms with Gasteiger partial charge in [-0.25, -0.2) is 0 Å². The summed E-state index contributed by atoms with van der Waals surface area (Å²) in [6.07, 6.45) is 4.92. The van der Waals surface area contributed by atoms with Crippen molar-refractivity contribution in [2.45, 2.75) is 32.6 Å². The first-order valence-electron chi connectivity index (χ1n) is 8.56. The number of anilines is 2. The molecule has 2 aromatic carbocycles. The van der Waals surface area contributed by atoms with Crippen LogP contribution in [0.5, 0.6) is 0 Å². The molecule has 126 valence electrons. The van der Waals surface area contributed by atoms with Gasteiger partial charge in [0, 0.05) is 23.7 Å². The summed E-state index contributed by atoms with van der Waals surface area (Å²) < 4.78 is 0. The molecular formula is C20H23ClN2O. The molecule has 1 heterocycles. The third kappa shape index (κ3) is 4.09. The van der Waals surface area contributed by atoms with Gasteiger partial charge in [-0.1, -0.05) is 42.1 Å². The maximum absolute atomic E-state index is 12.6. The summed E-state index contributed by atoms with van der Waals surface area (Å²) in [5.74, 6) is -0.1000. The van der Waals surface area contributed by atoms with Crippen LogP contribution in [-0.4, -0.2) is 19.0 Å². The minimum absolute atomic E-state index is 0.1000. The third-order valence-electron chi connectivity index (χ3n) is 4.43. The van der Waals surface area contributed by atoms with E-state index in [0.717, 1.165) is 30.0 Å². The SMILES string of the molecule is Cc1cccc(C(=O)Nc2cc(Cl)ccc2N2CCCCCC2)c1. The van der Waals surface area contributed by atoms with Crippen molar-refractivity contribution in [1.82, 2.24) is 0 Å². The van der Waals surface area contributed by atoms with E-state index in [1.807, 2.05) is 49.4 Å². The minimum atomic E-state index is -0.1000. The summed E-state index contributed by atoms with van der Waals surface area (Å²) in [7, 11) is 0. The summed E-state index contributed by atoms with van der Waals surface area (Å²) in [6, 6.07) is 13.4. The summed E-state index contributed by atoms with van der Waals surface area (Å²) in [5, 5.41) is 3.68. The second-order valence-electron chi connectivity index (χ2n) is 6.39. The zero-order valence-corrected chi connectivity index (χ0v) is 14.8. The molecule has 24 heavy (non-hydrogen) atoms. The molecular weight excluding hydrogens is 320 g/mol. The number of amides is 1. The molecule has 0 atom stereocenters. The topological polar surface area (TPSA) is 32.3 Å². The number of halogens is 1. The average Bonchev–Trinajstić information content (AvgIpc) is 2.84. The predicted octanol–water partition coefficient (Wildman–Crippen LogP) is 5.28. The van der Waals surface area contributed by atoms with Crippen molar-refractivity contribution in [3.05, 3.63) is 58.6 Å². The van der Waals surface area contributed by atoms with Gasteiger partial charge in [0.05, 0.1) is 11.4 Å². The molecule has 0 unspecified atom stereocenters. The van der Waals surface area contributed by atoms with Gasteiger partial charge in [0.2, 0.25) is 0 Å². The van der Waals surface area contributed by atoms with E-state index < -0.39 is 0 Å². The lowest BCUT2D eigenvalue weighted by Crippen LogP contribution is -2.25. The Morgan fingerprint density at radius 1 is 1.04 bits per heavy atom. The molecule has 0 aromatic heterocycles. The van der Waals surface area contributed by atoms with Gasteiger partial charge in [-0.2, -0.15) is 0 Å². The van der Waals surface area contributed by atoms with Gasteiger partial charge < -0.3 is 10.2 Å². The quantitative estimate of drug-likeness (QED) is 0.822. The fourth-order valence-electron chi connectivity index (χ4n) is 3.18. The van der Waals surface area contributed by atoms with Crippen LogP contribution in [0.1, 0.15) is 41.6 Å². The molecule has 0 aliphatic carbocycles. The van der Waals surface area contributed by atoms with Gasteiger partial charge in [0.15, 0.2) is 0 Å². The molecule has 3 rings (SSSR count). The Bertz CT molecular complexity index is 721. The number of nitrogens with zero attached hydrogens (tertiary/aromatic N) is 1. The molecule has 1 aliphatic rings. The number of hydrogen-bond donors (Lipinski definition) is 1. The van der Waals surface area contributed by atoms with E-state index in [9.17, 15) is 4.79 Å². The number of benzene rings is 2. The van der Waals surface area contributed by atoms with Gasteiger partial charge in [-0.05, 0) is 50.1 Å². The molecule has 4 heteroatoms. The van der Waals surface area contributed by atoms with E-state index in [4.69, 9.17) is 11.6 Å². The van der Waals surface area contributed by atoms with Crippen LogP contribution in [0.3, 0.4) is 0 Å². The molecule has 1 aliphatic heterocycles. The van der Waals surface area contributed by atoms with E-state index >= 15 is 0 Å². The van der Waals surface area contributed by atoms with Crippen LogP contribution in [0.25, 0.3) is 0 Å². The Morgan fingerprint density at radius 2 is 1.79 bits per heavy atom.